The van der Waals surface area contributed by atoms with Crippen molar-refractivity contribution in [2.24, 2.45) is 0 Å². The fraction of sp³-hybridized carbons (Fsp3) is 0. The average molecular weight is 180 g/mol. The summed E-state index contributed by atoms with van der Waals surface area (Å²) < 4.78 is 1.73. The van der Waals surface area contributed by atoms with Crippen molar-refractivity contribution >= 4 is 11.6 Å². The van der Waals surface area contributed by atoms with Crippen molar-refractivity contribution in [1.82, 2.24) is 14.8 Å². The first-order chi connectivity index (χ1) is 5.86. The van der Waals surface area contributed by atoms with Gasteiger partial charge in [0.15, 0.2) is 0 Å². The lowest BCUT2D eigenvalue weighted by molar-refractivity contribution is 0.878. The fourth-order valence-electron chi connectivity index (χ4n) is 0.956. The van der Waals surface area contributed by atoms with Crippen LogP contribution >= 0.6 is 11.6 Å². The molecule has 4 heteroatoms. The molecule has 0 aliphatic rings. The number of nitrogens with zero attached hydrogens (tertiary/aromatic N) is 3. The molecule has 2 heterocycles. The third-order valence-electron chi connectivity index (χ3n) is 1.48. The molecule has 0 radical (unpaired) electrons. The first kappa shape index (κ1) is 7.31. The summed E-state index contributed by atoms with van der Waals surface area (Å²) in [6.45, 7) is 0. The highest BCUT2D eigenvalue weighted by atomic mass is 35.5. The van der Waals surface area contributed by atoms with E-state index in [9.17, 15) is 0 Å². The molecule has 0 fully saturated rings. The highest BCUT2D eigenvalue weighted by Gasteiger charge is 1.95. The van der Waals surface area contributed by atoms with Gasteiger partial charge in [0.25, 0.3) is 0 Å². The minimum absolute atomic E-state index is 0.475. The largest absolute Gasteiger partial charge is 0.244 e. The third-order valence-corrected chi connectivity index (χ3v) is 1.69. The Morgan fingerprint density at radius 1 is 1.33 bits per heavy atom. The summed E-state index contributed by atoms with van der Waals surface area (Å²) in [6, 6.07) is 5.46. The van der Waals surface area contributed by atoms with E-state index in [0.717, 1.165) is 5.69 Å². The Hall–Kier alpha value is -1.35. The molecule has 0 unspecified atom stereocenters. The van der Waals surface area contributed by atoms with Crippen molar-refractivity contribution in [3.63, 3.8) is 0 Å². The topological polar surface area (TPSA) is 30.7 Å². The van der Waals surface area contributed by atoms with E-state index in [2.05, 4.69) is 10.1 Å². The molecule has 2 rings (SSSR count). The van der Waals surface area contributed by atoms with Gasteiger partial charge in [-0.3, -0.25) is 0 Å². The van der Waals surface area contributed by atoms with Crippen LogP contribution in [0.3, 0.4) is 0 Å². The minimum atomic E-state index is 0.475. The zero-order chi connectivity index (χ0) is 8.39. The number of pyridine rings is 1. The van der Waals surface area contributed by atoms with E-state index in [-0.39, 0.29) is 0 Å². The first-order valence-corrected chi connectivity index (χ1v) is 3.85. The molecule has 60 valence electrons. The monoisotopic (exact) mass is 179 g/mol. The normalized spacial score (nSPS) is 10.1. The van der Waals surface area contributed by atoms with Gasteiger partial charge in [-0.2, -0.15) is 5.10 Å². The summed E-state index contributed by atoms with van der Waals surface area (Å²) in [5.41, 5.74) is 0.917. The molecule has 0 aliphatic carbocycles. The molecule has 0 N–H and O–H groups in total. The second-order valence-corrected chi connectivity index (χ2v) is 2.67. The molecule has 0 saturated carbocycles. The van der Waals surface area contributed by atoms with Crippen molar-refractivity contribution in [3.05, 3.63) is 41.9 Å². The maximum absolute atomic E-state index is 5.71. The lowest BCUT2D eigenvalue weighted by Crippen LogP contribution is -1.93. The molecule has 0 amide bonds. The zero-order valence-corrected chi connectivity index (χ0v) is 6.94. The van der Waals surface area contributed by atoms with Gasteiger partial charge in [0.2, 0.25) is 0 Å². The minimum Gasteiger partial charge on any atom is -0.244 e. The summed E-state index contributed by atoms with van der Waals surface area (Å²) in [5, 5.41) is 4.53. The SMILES string of the molecule is Clc1cc(-n2cccn2)ccn1. The summed E-state index contributed by atoms with van der Waals surface area (Å²) in [5.74, 6) is 0. The molecule has 2 aromatic heterocycles. The van der Waals surface area contributed by atoms with Crippen LogP contribution < -0.4 is 0 Å². The number of hydrogen-bond acceptors (Lipinski definition) is 2. The first-order valence-electron chi connectivity index (χ1n) is 3.48. The van der Waals surface area contributed by atoms with Crippen LogP contribution in [0.25, 0.3) is 5.69 Å². The molecule has 0 aromatic carbocycles. The van der Waals surface area contributed by atoms with Gasteiger partial charge in [0, 0.05) is 24.7 Å². The maximum Gasteiger partial charge on any atom is 0.131 e. The van der Waals surface area contributed by atoms with Crippen LogP contribution in [-0.4, -0.2) is 14.8 Å². The van der Waals surface area contributed by atoms with Gasteiger partial charge in [-0.25, -0.2) is 9.67 Å². The van der Waals surface area contributed by atoms with Gasteiger partial charge in [0.1, 0.15) is 5.15 Å². The highest BCUT2D eigenvalue weighted by molar-refractivity contribution is 6.29. The van der Waals surface area contributed by atoms with E-state index in [1.807, 2.05) is 18.3 Å². The van der Waals surface area contributed by atoms with Gasteiger partial charge in [-0.05, 0) is 12.1 Å². The van der Waals surface area contributed by atoms with E-state index in [4.69, 9.17) is 11.6 Å². The van der Waals surface area contributed by atoms with Gasteiger partial charge >= 0.3 is 0 Å². The molecule has 0 aliphatic heterocycles. The van der Waals surface area contributed by atoms with E-state index in [0.29, 0.717) is 5.15 Å². The van der Waals surface area contributed by atoms with Gasteiger partial charge in [0.05, 0.1) is 5.69 Å². The second kappa shape index (κ2) is 2.95. The van der Waals surface area contributed by atoms with Crippen LogP contribution in [0, 0.1) is 0 Å². The number of hydrogen-bond donors (Lipinski definition) is 0. The summed E-state index contributed by atoms with van der Waals surface area (Å²) in [7, 11) is 0. The molecule has 0 spiro atoms. The number of rotatable bonds is 1. The van der Waals surface area contributed by atoms with Crippen LogP contribution in [-0.2, 0) is 0 Å². The van der Waals surface area contributed by atoms with E-state index in [1.54, 1.807) is 23.1 Å². The predicted molar refractivity (Wildman–Crippen MR) is 46.4 cm³/mol. The Morgan fingerprint density at radius 2 is 2.25 bits per heavy atom. The van der Waals surface area contributed by atoms with Crippen LogP contribution in [0.4, 0.5) is 0 Å². The Bertz CT molecular complexity index is 370. The molecule has 0 atom stereocenters. The van der Waals surface area contributed by atoms with E-state index in [1.165, 1.54) is 0 Å². The molecule has 12 heavy (non-hydrogen) atoms. The Kier molecular flexibility index (Phi) is 1.80. The Balaban J connectivity index is 2.48. The smallest absolute Gasteiger partial charge is 0.131 e. The van der Waals surface area contributed by atoms with E-state index >= 15 is 0 Å². The van der Waals surface area contributed by atoms with Crippen molar-refractivity contribution in [3.8, 4) is 5.69 Å². The molecule has 3 nitrogen and oxygen atoms in total. The van der Waals surface area contributed by atoms with Gasteiger partial charge in [-0.15, -0.1) is 0 Å². The van der Waals surface area contributed by atoms with Crippen LogP contribution in [0.1, 0.15) is 0 Å². The molecular formula is C8H6ClN3. The third kappa shape index (κ3) is 1.31. The van der Waals surface area contributed by atoms with Crippen LogP contribution in [0.15, 0.2) is 36.8 Å². The van der Waals surface area contributed by atoms with Crippen LogP contribution in [0.2, 0.25) is 5.15 Å². The molecule has 0 bridgehead atoms. The average Bonchev–Trinajstić information content (AvgIpc) is 2.56. The van der Waals surface area contributed by atoms with Crippen LogP contribution in [0.5, 0.6) is 0 Å². The summed E-state index contributed by atoms with van der Waals surface area (Å²) >= 11 is 5.71. The molecular weight excluding hydrogens is 174 g/mol. The number of halogens is 1. The lowest BCUT2D eigenvalue weighted by Gasteiger charge is -1.99. The lowest BCUT2D eigenvalue weighted by atomic mass is 10.4. The van der Waals surface area contributed by atoms with Gasteiger partial charge in [-0.1, -0.05) is 11.6 Å². The molecule has 0 saturated heterocycles. The number of aromatic nitrogens is 3. The summed E-state index contributed by atoms with van der Waals surface area (Å²) in [6.07, 6.45) is 5.22. The maximum atomic E-state index is 5.71. The van der Waals surface area contributed by atoms with Crippen molar-refractivity contribution in [2.75, 3.05) is 0 Å². The van der Waals surface area contributed by atoms with Crippen molar-refractivity contribution in [1.29, 1.82) is 0 Å². The van der Waals surface area contributed by atoms with Gasteiger partial charge < -0.3 is 0 Å². The zero-order valence-electron chi connectivity index (χ0n) is 6.18. The van der Waals surface area contributed by atoms with Crippen molar-refractivity contribution < 1.29 is 0 Å². The summed E-state index contributed by atoms with van der Waals surface area (Å²) in [4.78, 5) is 3.87. The quantitative estimate of drug-likeness (QED) is 0.627. The predicted octanol–water partition coefficient (Wildman–Crippen LogP) is 1.92. The standard InChI is InChI=1S/C8H6ClN3/c9-8-6-7(2-4-10-8)12-5-1-3-11-12/h1-6H. The van der Waals surface area contributed by atoms with E-state index < -0.39 is 0 Å². The molecule has 2 aromatic rings. The Morgan fingerprint density at radius 3 is 2.92 bits per heavy atom. The highest BCUT2D eigenvalue weighted by Crippen LogP contribution is 2.10. The second-order valence-electron chi connectivity index (χ2n) is 2.29. The Labute approximate surface area is 74.6 Å². The fourth-order valence-corrected chi connectivity index (χ4v) is 1.12. The van der Waals surface area contributed by atoms with Crippen molar-refractivity contribution in [2.45, 2.75) is 0 Å².